The number of hydrogen-bond acceptors (Lipinski definition) is 6. The van der Waals surface area contributed by atoms with Gasteiger partial charge in [0.05, 0.1) is 48.1 Å². The number of nitrogens with one attached hydrogen (secondary N) is 1. The normalized spacial score (nSPS) is 14.2. The van der Waals surface area contributed by atoms with Gasteiger partial charge in [-0.15, -0.1) is 0 Å². The van der Waals surface area contributed by atoms with Crippen LogP contribution in [0.2, 0.25) is 5.02 Å². The molecular formula is C28H32ClFN4O5. The van der Waals surface area contributed by atoms with Gasteiger partial charge in [-0.2, -0.15) is 5.10 Å². The van der Waals surface area contributed by atoms with Crippen molar-refractivity contribution in [3.05, 3.63) is 64.7 Å². The Hall–Kier alpha value is -3.79. The second-order valence-electron chi connectivity index (χ2n) is 10.2. The third-order valence-corrected chi connectivity index (χ3v) is 6.65. The average molecular weight is 559 g/mol. The lowest BCUT2D eigenvalue weighted by atomic mass is 9.90. The van der Waals surface area contributed by atoms with Crippen LogP contribution in [0.1, 0.15) is 55.6 Å². The molecule has 0 saturated carbocycles. The minimum Gasteiger partial charge on any atom is -0.495 e. The summed E-state index contributed by atoms with van der Waals surface area (Å²) in [6, 6.07) is 9.16. The molecule has 1 N–H and O–H groups in total. The van der Waals surface area contributed by atoms with Crippen molar-refractivity contribution in [2.24, 2.45) is 0 Å². The number of carbonyl (C=O) groups excluding carboxylic acids is 2. The highest BCUT2D eigenvalue weighted by molar-refractivity contribution is 6.32. The Labute approximate surface area is 231 Å². The number of rotatable bonds is 6. The molecule has 11 heteroatoms. The van der Waals surface area contributed by atoms with E-state index in [1.807, 2.05) is 20.8 Å². The number of hydrogen-bond donors (Lipinski definition) is 1. The molecule has 1 aromatic heterocycles. The number of likely N-dealkylation sites (tertiary alicyclic amines) is 1. The zero-order valence-electron chi connectivity index (χ0n) is 22.6. The summed E-state index contributed by atoms with van der Waals surface area (Å²) >= 11 is 6.29. The summed E-state index contributed by atoms with van der Waals surface area (Å²) in [7, 11) is 2.96. The molecule has 208 valence electrons. The minimum absolute atomic E-state index is 0.128. The summed E-state index contributed by atoms with van der Waals surface area (Å²) in [5.74, 6) is -0.201. The SMILES string of the molecule is COc1cc(OC)c(NC(=O)c2cnn(-c3cccc(F)c3)c2C2CCN(C(=O)OC(C)(C)C)CC2)cc1Cl. The van der Waals surface area contributed by atoms with E-state index < -0.39 is 17.3 Å². The van der Waals surface area contributed by atoms with Crippen LogP contribution in [0.3, 0.4) is 0 Å². The van der Waals surface area contributed by atoms with Gasteiger partial charge in [-0.1, -0.05) is 17.7 Å². The zero-order valence-corrected chi connectivity index (χ0v) is 23.3. The lowest BCUT2D eigenvalue weighted by molar-refractivity contribution is 0.0203. The van der Waals surface area contributed by atoms with E-state index in [2.05, 4.69) is 10.4 Å². The summed E-state index contributed by atoms with van der Waals surface area (Å²) in [5, 5.41) is 7.63. The van der Waals surface area contributed by atoms with Crippen molar-refractivity contribution in [2.75, 3.05) is 32.6 Å². The molecule has 2 aromatic carbocycles. The maximum atomic E-state index is 14.1. The molecule has 1 fully saturated rings. The van der Waals surface area contributed by atoms with Crippen molar-refractivity contribution in [3.8, 4) is 17.2 Å². The predicted octanol–water partition coefficient (Wildman–Crippen LogP) is 6.05. The van der Waals surface area contributed by atoms with E-state index in [-0.39, 0.29) is 12.0 Å². The van der Waals surface area contributed by atoms with Crippen LogP contribution < -0.4 is 14.8 Å². The molecule has 0 spiro atoms. The Balaban J connectivity index is 1.66. The fourth-order valence-electron chi connectivity index (χ4n) is 4.55. The van der Waals surface area contributed by atoms with Crippen LogP contribution in [0, 0.1) is 5.82 Å². The standard InChI is InChI=1S/C28H32ClFN4O5/c1-28(2,3)39-27(36)33-11-9-17(10-12-33)25-20(16-31-34(25)19-8-6-7-18(30)13-19)26(35)32-22-14-21(29)23(37-4)15-24(22)38-5/h6-8,13-17H,9-12H2,1-5H3,(H,32,35). The van der Waals surface area contributed by atoms with E-state index in [1.54, 1.807) is 33.8 Å². The maximum absolute atomic E-state index is 14.1. The van der Waals surface area contributed by atoms with Gasteiger partial charge in [0.1, 0.15) is 22.9 Å². The number of piperidine rings is 1. The number of methoxy groups -OCH3 is 2. The summed E-state index contributed by atoms with van der Waals surface area (Å²) < 4.78 is 31.9. The Morgan fingerprint density at radius 3 is 2.38 bits per heavy atom. The fourth-order valence-corrected chi connectivity index (χ4v) is 4.79. The molecule has 4 rings (SSSR count). The Morgan fingerprint density at radius 1 is 1.08 bits per heavy atom. The number of nitrogens with zero attached hydrogens (tertiary/aromatic N) is 3. The van der Waals surface area contributed by atoms with Crippen LogP contribution in [0.15, 0.2) is 42.6 Å². The summed E-state index contributed by atoms with van der Waals surface area (Å²) in [4.78, 5) is 27.9. The van der Waals surface area contributed by atoms with Crippen LogP contribution >= 0.6 is 11.6 Å². The first-order valence-corrected chi connectivity index (χ1v) is 12.9. The number of ether oxygens (including phenoxy) is 3. The fraction of sp³-hybridized carbons (Fsp3) is 0.393. The quantitative estimate of drug-likeness (QED) is 0.396. The van der Waals surface area contributed by atoms with Crippen molar-refractivity contribution < 1.29 is 28.2 Å². The molecule has 0 aliphatic carbocycles. The Kier molecular flexibility index (Phi) is 8.34. The van der Waals surface area contributed by atoms with Crippen molar-refractivity contribution in [2.45, 2.75) is 45.1 Å². The van der Waals surface area contributed by atoms with E-state index in [4.69, 9.17) is 25.8 Å². The van der Waals surface area contributed by atoms with Crippen LogP contribution in [0.5, 0.6) is 11.5 Å². The predicted molar refractivity (Wildman–Crippen MR) is 146 cm³/mol. The molecular weight excluding hydrogens is 527 g/mol. The molecule has 2 amide bonds. The van der Waals surface area contributed by atoms with Gasteiger partial charge in [0, 0.05) is 25.1 Å². The third kappa shape index (κ3) is 6.44. The van der Waals surface area contributed by atoms with Gasteiger partial charge in [0.15, 0.2) is 0 Å². The lowest BCUT2D eigenvalue weighted by Gasteiger charge is -2.34. The highest BCUT2D eigenvalue weighted by atomic mass is 35.5. The zero-order chi connectivity index (χ0) is 28.3. The molecule has 0 bridgehead atoms. The number of carbonyl (C=O) groups is 2. The van der Waals surface area contributed by atoms with Crippen molar-refractivity contribution in [3.63, 3.8) is 0 Å². The first-order valence-electron chi connectivity index (χ1n) is 12.6. The molecule has 0 unspecified atom stereocenters. The number of amides is 2. The first kappa shape index (κ1) is 28.2. The van der Waals surface area contributed by atoms with E-state index in [0.717, 1.165) is 0 Å². The molecule has 1 aliphatic rings. The smallest absolute Gasteiger partial charge is 0.410 e. The van der Waals surface area contributed by atoms with Gasteiger partial charge in [-0.3, -0.25) is 4.79 Å². The topological polar surface area (TPSA) is 94.9 Å². The number of aromatic nitrogens is 2. The van der Waals surface area contributed by atoms with Gasteiger partial charge in [-0.05, 0) is 57.9 Å². The average Bonchev–Trinajstić information content (AvgIpc) is 3.33. The van der Waals surface area contributed by atoms with Crippen LogP contribution in [0.25, 0.3) is 5.69 Å². The van der Waals surface area contributed by atoms with E-state index in [0.29, 0.717) is 65.1 Å². The van der Waals surface area contributed by atoms with Gasteiger partial charge in [0.25, 0.3) is 5.91 Å². The summed E-state index contributed by atoms with van der Waals surface area (Å²) in [5.41, 5.74) is 1.20. The van der Waals surface area contributed by atoms with Gasteiger partial charge in [-0.25, -0.2) is 13.9 Å². The van der Waals surface area contributed by atoms with Crippen molar-refractivity contribution >= 4 is 29.3 Å². The van der Waals surface area contributed by atoms with Crippen molar-refractivity contribution in [1.82, 2.24) is 14.7 Å². The minimum atomic E-state index is -0.597. The highest BCUT2D eigenvalue weighted by Crippen LogP contribution is 2.37. The first-order chi connectivity index (χ1) is 18.5. The Morgan fingerprint density at radius 2 is 1.77 bits per heavy atom. The molecule has 0 radical (unpaired) electrons. The van der Waals surface area contributed by atoms with Gasteiger partial charge in [0.2, 0.25) is 0 Å². The lowest BCUT2D eigenvalue weighted by Crippen LogP contribution is -2.41. The summed E-state index contributed by atoms with van der Waals surface area (Å²) in [6.07, 6.45) is 2.23. The summed E-state index contributed by atoms with van der Waals surface area (Å²) in [6.45, 7) is 6.36. The van der Waals surface area contributed by atoms with Crippen molar-refractivity contribution in [1.29, 1.82) is 0 Å². The van der Waals surface area contributed by atoms with E-state index >= 15 is 0 Å². The van der Waals surface area contributed by atoms with Gasteiger partial charge < -0.3 is 24.4 Å². The monoisotopic (exact) mass is 558 g/mol. The number of benzene rings is 2. The maximum Gasteiger partial charge on any atom is 0.410 e. The third-order valence-electron chi connectivity index (χ3n) is 6.36. The second-order valence-corrected chi connectivity index (χ2v) is 10.6. The van der Waals surface area contributed by atoms with Crippen LogP contribution in [-0.4, -0.2) is 59.6 Å². The Bertz CT molecular complexity index is 1360. The molecule has 0 atom stereocenters. The van der Waals surface area contributed by atoms with E-state index in [1.165, 1.54) is 32.5 Å². The molecule has 3 aromatic rings. The van der Waals surface area contributed by atoms with Crippen LogP contribution in [0.4, 0.5) is 14.9 Å². The number of halogens is 2. The largest absolute Gasteiger partial charge is 0.495 e. The molecule has 39 heavy (non-hydrogen) atoms. The molecule has 1 saturated heterocycles. The number of anilines is 1. The second kappa shape index (κ2) is 11.5. The van der Waals surface area contributed by atoms with E-state index in [9.17, 15) is 14.0 Å². The van der Waals surface area contributed by atoms with Gasteiger partial charge >= 0.3 is 6.09 Å². The molecule has 9 nitrogen and oxygen atoms in total. The molecule has 2 heterocycles. The van der Waals surface area contributed by atoms with Crippen LogP contribution in [-0.2, 0) is 4.74 Å². The highest BCUT2D eigenvalue weighted by Gasteiger charge is 2.32. The molecule has 1 aliphatic heterocycles.